The summed E-state index contributed by atoms with van der Waals surface area (Å²) in [5.41, 5.74) is 0.674. The van der Waals surface area contributed by atoms with Gasteiger partial charge in [-0.1, -0.05) is 35.9 Å². The van der Waals surface area contributed by atoms with Gasteiger partial charge in [-0.2, -0.15) is 0 Å². The van der Waals surface area contributed by atoms with Crippen LogP contribution in [-0.4, -0.2) is 23.3 Å². The molecule has 0 aromatic heterocycles. The van der Waals surface area contributed by atoms with E-state index in [9.17, 15) is 19.7 Å². The molecule has 0 aliphatic carbocycles. The summed E-state index contributed by atoms with van der Waals surface area (Å²) in [5.74, 6) is -1.34. The van der Waals surface area contributed by atoms with E-state index in [4.69, 9.17) is 16.3 Å². The van der Waals surface area contributed by atoms with E-state index in [1.165, 1.54) is 30.3 Å². The zero-order valence-electron chi connectivity index (χ0n) is 14.4. The van der Waals surface area contributed by atoms with Crippen LogP contribution in [0.15, 0.2) is 66.3 Å². The lowest BCUT2D eigenvalue weighted by atomic mass is 10.0. The lowest BCUT2D eigenvalue weighted by Crippen LogP contribution is -2.16. The first-order valence-corrected chi connectivity index (χ1v) is 8.40. The number of carbonyl (C=O) groups is 2. The first kappa shape index (κ1) is 20.1. The van der Waals surface area contributed by atoms with Crippen LogP contribution >= 0.6 is 11.6 Å². The van der Waals surface area contributed by atoms with Crippen molar-refractivity contribution in [3.8, 4) is 0 Å². The van der Waals surface area contributed by atoms with E-state index in [-0.39, 0.29) is 23.4 Å². The molecule has 0 aliphatic rings. The highest BCUT2D eigenvalue weighted by molar-refractivity contribution is 6.30. The molecular weight excluding hydrogens is 370 g/mol. The number of hydrogen-bond donors (Lipinski definition) is 0. The molecule has 27 heavy (non-hydrogen) atoms. The Labute approximate surface area is 160 Å². The first-order chi connectivity index (χ1) is 12.9. The average Bonchev–Trinajstić information content (AvgIpc) is 2.66. The fraction of sp³-hybridized carbons (Fsp3) is 0.100. The summed E-state index contributed by atoms with van der Waals surface area (Å²) < 4.78 is 4.94. The molecule has 0 saturated heterocycles. The Balaban J connectivity index is 2.29. The van der Waals surface area contributed by atoms with Gasteiger partial charge in [-0.15, -0.1) is 0 Å². The number of ketones is 1. The molecule has 2 aromatic rings. The van der Waals surface area contributed by atoms with Crippen LogP contribution < -0.4 is 0 Å². The summed E-state index contributed by atoms with van der Waals surface area (Å²) in [6.45, 7) is 1.75. The lowest BCUT2D eigenvalue weighted by molar-refractivity contribution is -0.384. The zero-order chi connectivity index (χ0) is 19.8. The normalized spacial score (nSPS) is 11.4. The third kappa shape index (κ3) is 5.62. The van der Waals surface area contributed by atoms with Crippen LogP contribution in [0.2, 0.25) is 5.02 Å². The second kappa shape index (κ2) is 9.45. The van der Waals surface area contributed by atoms with Gasteiger partial charge in [0.1, 0.15) is 5.57 Å². The highest BCUT2D eigenvalue weighted by Crippen LogP contribution is 2.16. The number of hydrogen-bond acceptors (Lipinski definition) is 5. The fourth-order valence-corrected chi connectivity index (χ4v) is 2.29. The Morgan fingerprint density at radius 1 is 1.11 bits per heavy atom. The van der Waals surface area contributed by atoms with Gasteiger partial charge in [0.2, 0.25) is 0 Å². The lowest BCUT2D eigenvalue weighted by Gasteiger charge is -2.05. The minimum atomic E-state index is -0.762. The Kier molecular flexibility index (Phi) is 7.02. The maximum Gasteiger partial charge on any atom is 0.342 e. The Bertz CT molecular complexity index is 899. The van der Waals surface area contributed by atoms with E-state index < -0.39 is 16.7 Å². The van der Waals surface area contributed by atoms with Crippen molar-refractivity contribution in [2.24, 2.45) is 0 Å². The summed E-state index contributed by atoms with van der Waals surface area (Å²) in [6, 6.07) is 12.0. The zero-order valence-corrected chi connectivity index (χ0v) is 15.2. The van der Waals surface area contributed by atoms with Gasteiger partial charge in [0, 0.05) is 22.7 Å². The van der Waals surface area contributed by atoms with Gasteiger partial charge in [-0.25, -0.2) is 4.79 Å². The Hall–Kier alpha value is -3.25. The molecule has 6 nitrogen and oxygen atoms in total. The molecule has 0 bridgehead atoms. The van der Waals surface area contributed by atoms with Crippen molar-refractivity contribution in [2.45, 2.75) is 6.92 Å². The van der Waals surface area contributed by atoms with Crippen LogP contribution in [-0.2, 0) is 9.53 Å². The number of non-ortho nitro benzene ring substituents is 1. The van der Waals surface area contributed by atoms with Gasteiger partial charge in [0.15, 0.2) is 5.78 Å². The van der Waals surface area contributed by atoms with Gasteiger partial charge >= 0.3 is 5.97 Å². The van der Waals surface area contributed by atoms with Gasteiger partial charge in [0.05, 0.1) is 11.5 Å². The molecule has 0 N–H and O–H groups in total. The molecule has 7 heteroatoms. The van der Waals surface area contributed by atoms with Crippen LogP contribution in [0.1, 0.15) is 22.8 Å². The molecule has 0 unspecified atom stereocenters. The van der Waals surface area contributed by atoms with Gasteiger partial charge in [-0.3, -0.25) is 14.9 Å². The second-order valence-corrected chi connectivity index (χ2v) is 5.78. The summed E-state index contributed by atoms with van der Waals surface area (Å²) >= 11 is 5.83. The van der Waals surface area contributed by atoms with Gasteiger partial charge in [0.25, 0.3) is 5.69 Å². The van der Waals surface area contributed by atoms with Crippen molar-refractivity contribution in [3.63, 3.8) is 0 Å². The summed E-state index contributed by atoms with van der Waals surface area (Å²) in [5, 5.41) is 11.3. The van der Waals surface area contributed by atoms with Crippen molar-refractivity contribution in [1.82, 2.24) is 0 Å². The first-order valence-electron chi connectivity index (χ1n) is 8.02. The van der Waals surface area contributed by atoms with E-state index in [0.717, 1.165) is 5.56 Å². The van der Waals surface area contributed by atoms with E-state index in [1.807, 2.05) is 0 Å². The Morgan fingerprint density at radius 2 is 1.74 bits per heavy atom. The van der Waals surface area contributed by atoms with Crippen molar-refractivity contribution >= 4 is 35.1 Å². The molecule has 0 aliphatic heterocycles. The topological polar surface area (TPSA) is 86.5 Å². The molecule has 0 atom stereocenters. The quantitative estimate of drug-likeness (QED) is 0.101. The summed E-state index contributed by atoms with van der Waals surface area (Å²) in [6.07, 6.45) is 4.62. The van der Waals surface area contributed by atoms with Crippen molar-refractivity contribution in [1.29, 1.82) is 0 Å². The van der Waals surface area contributed by atoms with Crippen LogP contribution in [0.4, 0.5) is 5.69 Å². The smallest absolute Gasteiger partial charge is 0.342 e. The molecule has 0 saturated carbocycles. The van der Waals surface area contributed by atoms with Crippen molar-refractivity contribution in [2.75, 3.05) is 6.61 Å². The van der Waals surface area contributed by atoms with E-state index in [2.05, 4.69) is 0 Å². The monoisotopic (exact) mass is 385 g/mol. The molecule has 2 aromatic carbocycles. The third-order valence-corrected chi connectivity index (χ3v) is 3.75. The largest absolute Gasteiger partial charge is 0.462 e. The number of Topliss-reactive ketones (excluding diaryl/α,β-unsaturated/α-hetero) is 1. The van der Waals surface area contributed by atoms with Crippen molar-refractivity contribution in [3.05, 3.63) is 92.5 Å². The molecule has 138 valence electrons. The van der Waals surface area contributed by atoms with Crippen LogP contribution in [0, 0.1) is 10.1 Å². The van der Waals surface area contributed by atoms with Crippen LogP contribution in [0.3, 0.4) is 0 Å². The number of ether oxygens (including phenoxy) is 1. The van der Waals surface area contributed by atoms with Crippen molar-refractivity contribution < 1.29 is 19.2 Å². The minimum Gasteiger partial charge on any atom is -0.462 e. The summed E-state index contributed by atoms with van der Waals surface area (Å²) in [7, 11) is 0. The second-order valence-electron chi connectivity index (χ2n) is 5.34. The number of rotatable bonds is 7. The average molecular weight is 386 g/mol. The number of halogens is 1. The molecule has 0 heterocycles. The van der Waals surface area contributed by atoms with Gasteiger partial charge < -0.3 is 4.74 Å². The van der Waals surface area contributed by atoms with E-state index >= 15 is 0 Å². The number of nitrogens with zero attached hydrogens (tertiary/aromatic N) is 1. The molecular formula is C20H16ClNO5. The molecule has 2 rings (SSSR count). The maximum atomic E-state index is 12.6. The molecule has 0 radical (unpaired) electrons. The van der Waals surface area contributed by atoms with Gasteiger partial charge in [-0.05, 0) is 42.8 Å². The molecule has 0 fully saturated rings. The number of esters is 1. The van der Waals surface area contributed by atoms with Crippen LogP contribution in [0.5, 0.6) is 0 Å². The Morgan fingerprint density at radius 3 is 2.30 bits per heavy atom. The number of carbonyl (C=O) groups excluding carboxylic acids is 2. The fourth-order valence-electron chi connectivity index (χ4n) is 2.16. The predicted octanol–water partition coefficient (Wildman–Crippen LogP) is 4.63. The maximum absolute atomic E-state index is 12.6. The number of allylic oxidation sites excluding steroid dienone is 2. The van der Waals surface area contributed by atoms with Crippen LogP contribution in [0.25, 0.3) is 6.08 Å². The number of benzene rings is 2. The minimum absolute atomic E-state index is 0.116. The highest BCUT2D eigenvalue weighted by Gasteiger charge is 2.21. The molecule has 0 amide bonds. The third-order valence-electron chi connectivity index (χ3n) is 3.50. The number of nitro groups is 1. The number of nitro benzene ring substituents is 1. The highest BCUT2D eigenvalue weighted by atomic mass is 35.5. The standard InChI is InChI=1S/C20H16ClNO5/c1-2-27-20(24)18(5-3-4-14-6-10-16(21)11-7-14)19(23)15-8-12-17(13-9-15)22(25)26/h3-13H,2H2,1H3/b4-3+,18-5+. The van der Waals surface area contributed by atoms with E-state index in [1.54, 1.807) is 43.3 Å². The van der Waals surface area contributed by atoms with E-state index in [0.29, 0.717) is 5.02 Å². The summed E-state index contributed by atoms with van der Waals surface area (Å²) in [4.78, 5) is 34.9. The SMILES string of the molecule is CCOC(=O)/C(=C/C=C/c1ccc(Cl)cc1)C(=O)c1ccc([N+](=O)[O-])cc1. The molecule has 0 spiro atoms. The predicted molar refractivity (Wildman–Crippen MR) is 103 cm³/mol.